The Kier molecular flexibility index (Phi) is 5.39. The van der Waals surface area contributed by atoms with Crippen LogP contribution in [0.25, 0.3) is 0 Å². The normalized spacial score (nSPS) is 12.8. The lowest BCUT2D eigenvalue weighted by atomic mass is 9.96. The van der Waals surface area contributed by atoms with Gasteiger partial charge in [-0.1, -0.05) is 25.9 Å². The van der Waals surface area contributed by atoms with Gasteiger partial charge in [0, 0.05) is 24.2 Å². The molecule has 0 saturated heterocycles. The third-order valence-electron chi connectivity index (χ3n) is 2.87. The summed E-state index contributed by atoms with van der Waals surface area (Å²) in [5.41, 5.74) is 7.56. The number of nitrogens with zero attached hydrogens (tertiary/aromatic N) is 2. The highest BCUT2D eigenvalue weighted by Gasteiger charge is 2.15. The minimum absolute atomic E-state index is 0.104. The zero-order valence-electron chi connectivity index (χ0n) is 13.0. The predicted molar refractivity (Wildman–Crippen MR) is 81.3 cm³/mol. The molecule has 0 amide bonds. The van der Waals surface area contributed by atoms with E-state index in [1.165, 1.54) is 0 Å². The van der Waals surface area contributed by atoms with Crippen molar-refractivity contribution in [3.05, 3.63) is 29.3 Å². The summed E-state index contributed by atoms with van der Waals surface area (Å²) in [6, 6.07) is 5.52. The summed E-state index contributed by atoms with van der Waals surface area (Å²) < 4.78 is 5.37. The smallest absolute Gasteiger partial charge is 0.170 e. The lowest BCUT2D eigenvalue weighted by molar-refractivity contribution is 0.218. The first kappa shape index (κ1) is 16.3. The van der Waals surface area contributed by atoms with Gasteiger partial charge in [-0.2, -0.15) is 0 Å². The van der Waals surface area contributed by atoms with Crippen LogP contribution in [0.1, 0.15) is 31.9 Å². The topological polar surface area (TPSA) is 71.1 Å². The van der Waals surface area contributed by atoms with Gasteiger partial charge >= 0.3 is 0 Å². The van der Waals surface area contributed by atoms with Crippen molar-refractivity contribution in [3.63, 3.8) is 0 Å². The van der Waals surface area contributed by atoms with Crippen molar-refractivity contribution in [1.29, 1.82) is 0 Å². The molecule has 0 fully saturated rings. The van der Waals surface area contributed by atoms with Crippen LogP contribution in [0, 0.1) is 5.41 Å². The van der Waals surface area contributed by atoms with Crippen LogP contribution in [0.15, 0.2) is 23.4 Å². The molecule has 0 radical (unpaired) electrons. The number of ether oxygens (including phenoxy) is 1. The van der Waals surface area contributed by atoms with Crippen molar-refractivity contribution < 1.29 is 9.94 Å². The number of oxime groups is 1. The second-order valence-corrected chi connectivity index (χ2v) is 6.24. The van der Waals surface area contributed by atoms with Gasteiger partial charge in [0.1, 0.15) is 5.75 Å². The number of rotatable bonds is 5. The van der Waals surface area contributed by atoms with E-state index in [0.29, 0.717) is 5.56 Å². The van der Waals surface area contributed by atoms with Crippen LogP contribution in [-0.4, -0.2) is 36.6 Å². The quantitative estimate of drug-likeness (QED) is 0.375. The summed E-state index contributed by atoms with van der Waals surface area (Å²) in [5.74, 6) is 0.910. The highest BCUT2D eigenvalue weighted by atomic mass is 16.5. The maximum absolute atomic E-state index is 8.76. The average molecular weight is 279 g/mol. The molecule has 0 saturated carbocycles. The molecular formula is C15H25N3O2. The van der Waals surface area contributed by atoms with Gasteiger partial charge in [0.25, 0.3) is 0 Å². The van der Waals surface area contributed by atoms with E-state index in [1.807, 2.05) is 12.1 Å². The molecule has 5 nitrogen and oxygen atoms in total. The van der Waals surface area contributed by atoms with E-state index in [4.69, 9.17) is 15.7 Å². The van der Waals surface area contributed by atoms with Crippen molar-refractivity contribution in [2.24, 2.45) is 16.3 Å². The molecule has 20 heavy (non-hydrogen) atoms. The molecule has 0 aliphatic carbocycles. The molecule has 1 aromatic carbocycles. The van der Waals surface area contributed by atoms with Gasteiger partial charge in [0.2, 0.25) is 0 Å². The fraction of sp³-hybridized carbons (Fsp3) is 0.533. The molecule has 3 N–H and O–H groups in total. The van der Waals surface area contributed by atoms with E-state index in [-0.39, 0.29) is 11.3 Å². The zero-order chi connectivity index (χ0) is 15.3. The second kappa shape index (κ2) is 6.61. The van der Waals surface area contributed by atoms with Crippen molar-refractivity contribution >= 4 is 5.84 Å². The third kappa shape index (κ3) is 4.74. The van der Waals surface area contributed by atoms with Crippen LogP contribution >= 0.6 is 0 Å². The minimum Gasteiger partial charge on any atom is -0.496 e. The molecule has 0 atom stereocenters. The van der Waals surface area contributed by atoms with Crippen LogP contribution < -0.4 is 10.5 Å². The summed E-state index contributed by atoms with van der Waals surface area (Å²) in [5, 5.41) is 11.8. The van der Waals surface area contributed by atoms with Crippen molar-refractivity contribution in [2.75, 3.05) is 20.7 Å². The SMILES string of the molecule is COc1ccc(/C(N)=N/O)cc1CN(C)CC(C)(C)C. The molecule has 0 unspecified atom stereocenters. The Morgan fingerprint density at radius 3 is 2.55 bits per heavy atom. The van der Waals surface area contributed by atoms with E-state index in [0.717, 1.165) is 24.4 Å². The fourth-order valence-electron chi connectivity index (χ4n) is 2.28. The molecule has 5 heteroatoms. The first-order valence-electron chi connectivity index (χ1n) is 6.60. The third-order valence-corrected chi connectivity index (χ3v) is 2.87. The number of hydrogen-bond acceptors (Lipinski definition) is 4. The van der Waals surface area contributed by atoms with Gasteiger partial charge in [0.05, 0.1) is 7.11 Å². The Hall–Kier alpha value is -1.75. The van der Waals surface area contributed by atoms with Gasteiger partial charge in [-0.15, -0.1) is 0 Å². The molecule has 0 aliphatic heterocycles. The molecular weight excluding hydrogens is 254 g/mol. The molecule has 0 spiro atoms. The maximum atomic E-state index is 8.76. The van der Waals surface area contributed by atoms with Crippen LogP contribution in [0.4, 0.5) is 0 Å². The highest BCUT2D eigenvalue weighted by Crippen LogP contribution is 2.23. The van der Waals surface area contributed by atoms with E-state index in [9.17, 15) is 0 Å². The highest BCUT2D eigenvalue weighted by molar-refractivity contribution is 5.97. The van der Waals surface area contributed by atoms with Crippen molar-refractivity contribution in [2.45, 2.75) is 27.3 Å². The predicted octanol–water partition coefficient (Wildman–Crippen LogP) is 2.27. The summed E-state index contributed by atoms with van der Waals surface area (Å²) in [4.78, 5) is 2.23. The second-order valence-electron chi connectivity index (χ2n) is 6.24. The first-order valence-corrected chi connectivity index (χ1v) is 6.60. The van der Waals surface area contributed by atoms with Crippen molar-refractivity contribution in [1.82, 2.24) is 4.90 Å². The molecule has 0 aliphatic rings. The molecule has 1 aromatic rings. The number of hydrogen-bond donors (Lipinski definition) is 2. The number of methoxy groups -OCH3 is 1. The Morgan fingerprint density at radius 2 is 2.05 bits per heavy atom. The van der Waals surface area contributed by atoms with E-state index < -0.39 is 0 Å². The monoisotopic (exact) mass is 279 g/mol. The van der Waals surface area contributed by atoms with Crippen LogP contribution in [0.2, 0.25) is 0 Å². The summed E-state index contributed by atoms with van der Waals surface area (Å²) in [6.07, 6.45) is 0. The van der Waals surface area contributed by atoms with Gasteiger partial charge in [0.15, 0.2) is 5.84 Å². The average Bonchev–Trinajstić information content (AvgIpc) is 2.35. The molecule has 112 valence electrons. The van der Waals surface area contributed by atoms with Gasteiger partial charge in [-0.3, -0.25) is 0 Å². The van der Waals surface area contributed by atoms with Crippen LogP contribution in [0.3, 0.4) is 0 Å². The van der Waals surface area contributed by atoms with Crippen LogP contribution in [0.5, 0.6) is 5.75 Å². The van der Waals surface area contributed by atoms with E-state index >= 15 is 0 Å². The van der Waals surface area contributed by atoms with E-state index in [1.54, 1.807) is 13.2 Å². The van der Waals surface area contributed by atoms with Crippen molar-refractivity contribution in [3.8, 4) is 5.75 Å². The molecule has 1 rings (SSSR count). The summed E-state index contributed by atoms with van der Waals surface area (Å²) in [7, 11) is 3.71. The Morgan fingerprint density at radius 1 is 1.40 bits per heavy atom. The number of benzene rings is 1. The standard InChI is InChI=1S/C15H25N3O2/c1-15(2,3)10-18(4)9-12-8-11(14(16)17-19)6-7-13(12)20-5/h6-8,19H,9-10H2,1-5H3,(H2,16,17). The van der Waals surface area contributed by atoms with Gasteiger partial charge in [-0.25, -0.2) is 0 Å². The zero-order valence-corrected chi connectivity index (χ0v) is 13.0. The Balaban J connectivity index is 2.97. The molecule has 0 bridgehead atoms. The minimum atomic E-state index is 0.104. The Labute approximate surface area is 121 Å². The summed E-state index contributed by atoms with van der Waals surface area (Å²) in [6.45, 7) is 8.31. The van der Waals surface area contributed by atoms with E-state index in [2.05, 4.69) is 37.9 Å². The lowest BCUT2D eigenvalue weighted by Gasteiger charge is -2.27. The van der Waals surface area contributed by atoms with Gasteiger partial charge < -0.3 is 20.6 Å². The van der Waals surface area contributed by atoms with Crippen LogP contribution in [-0.2, 0) is 6.54 Å². The number of amidine groups is 1. The molecule has 0 aromatic heterocycles. The maximum Gasteiger partial charge on any atom is 0.170 e. The lowest BCUT2D eigenvalue weighted by Crippen LogP contribution is -2.29. The first-order chi connectivity index (χ1) is 9.26. The molecule has 0 heterocycles. The van der Waals surface area contributed by atoms with Gasteiger partial charge in [-0.05, 0) is 30.7 Å². The Bertz CT molecular complexity index is 478. The largest absolute Gasteiger partial charge is 0.496 e. The summed E-state index contributed by atoms with van der Waals surface area (Å²) >= 11 is 0. The fourth-order valence-corrected chi connectivity index (χ4v) is 2.28. The number of nitrogens with two attached hydrogens (primary N) is 1.